The maximum absolute atomic E-state index is 13.3. The summed E-state index contributed by atoms with van der Waals surface area (Å²) in [6.07, 6.45) is 0. The zero-order valence-electron chi connectivity index (χ0n) is 18.0. The topological polar surface area (TPSA) is 104 Å². The Kier molecular flexibility index (Phi) is 5.68. The number of aromatic nitrogens is 1. The number of hydrogen-bond donors (Lipinski definition) is 3. The second-order valence-electron chi connectivity index (χ2n) is 8.39. The molecule has 3 N–H and O–H groups in total. The van der Waals surface area contributed by atoms with Crippen LogP contribution < -0.4 is 16.2 Å². The predicted octanol–water partition coefficient (Wildman–Crippen LogP) is 0.604. The third-order valence-electron chi connectivity index (χ3n) is 6.36. The molecule has 4 rings (SSSR count). The van der Waals surface area contributed by atoms with Crippen molar-refractivity contribution >= 4 is 11.8 Å². The molecule has 2 amide bonds. The largest absolute Gasteiger partial charge is 0.396 e. The molecule has 4 atom stereocenters. The van der Waals surface area contributed by atoms with Gasteiger partial charge in [-0.05, 0) is 36.8 Å². The van der Waals surface area contributed by atoms with E-state index in [0.717, 1.165) is 5.69 Å². The third-order valence-corrected chi connectivity index (χ3v) is 6.36. The molecular formula is C23H28N4O4. The molecule has 31 heavy (non-hydrogen) atoms. The molecule has 0 aliphatic carbocycles. The van der Waals surface area contributed by atoms with Crippen LogP contribution in [0.5, 0.6) is 0 Å². The molecule has 3 heterocycles. The van der Waals surface area contributed by atoms with E-state index in [4.69, 9.17) is 0 Å². The molecule has 8 heteroatoms. The third kappa shape index (κ3) is 3.55. The van der Waals surface area contributed by atoms with Gasteiger partial charge < -0.3 is 19.9 Å². The number of rotatable bonds is 5. The zero-order chi connectivity index (χ0) is 22.3. The summed E-state index contributed by atoms with van der Waals surface area (Å²) in [6.45, 7) is 2.70. The fourth-order valence-corrected chi connectivity index (χ4v) is 4.84. The molecule has 0 spiro atoms. The summed E-state index contributed by atoms with van der Waals surface area (Å²) in [5, 5.41) is 16.1. The fraction of sp³-hybridized carbons (Fsp3) is 0.435. The van der Waals surface area contributed by atoms with Gasteiger partial charge in [-0.25, -0.2) is 0 Å². The average Bonchev–Trinajstić information content (AvgIpc) is 3.30. The van der Waals surface area contributed by atoms with E-state index in [9.17, 15) is 19.5 Å². The summed E-state index contributed by atoms with van der Waals surface area (Å²) in [5.74, 6) is -0.546. The number of likely N-dealkylation sites (N-methyl/N-ethyl adjacent to an activating group) is 1. The van der Waals surface area contributed by atoms with Crippen LogP contribution in [-0.4, -0.2) is 59.7 Å². The van der Waals surface area contributed by atoms with Crippen LogP contribution >= 0.6 is 0 Å². The van der Waals surface area contributed by atoms with Gasteiger partial charge in [-0.2, -0.15) is 0 Å². The van der Waals surface area contributed by atoms with Gasteiger partial charge in [0, 0.05) is 62.4 Å². The second kappa shape index (κ2) is 8.28. The molecule has 0 unspecified atom stereocenters. The van der Waals surface area contributed by atoms with Crippen LogP contribution in [0.15, 0.2) is 41.2 Å². The molecule has 0 saturated carbocycles. The Morgan fingerprint density at radius 3 is 2.71 bits per heavy atom. The van der Waals surface area contributed by atoms with Crippen LogP contribution in [0.4, 0.5) is 0 Å². The van der Waals surface area contributed by atoms with Gasteiger partial charge in [0.15, 0.2) is 0 Å². The van der Waals surface area contributed by atoms with Crippen LogP contribution in [0.1, 0.15) is 29.0 Å². The molecule has 0 radical (unpaired) electrons. The second-order valence-corrected chi connectivity index (χ2v) is 8.39. The van der Waals surface area contributed by atoms with E-state index in [0.29, 0.717) is 29.8 Å². The van der Waals surface area contributed by atoms with E-state index in [1.165, 1.54) is 4.90 Å². The highest BCUT2D eigenvalue weighted by Crippen LogP contribution is 2.42. The maximum atomic E-state index is 13.3. The van der Waals surface area contributed by atoms with E-state index in [-0.39, 0.29) is 41.9 Å². The Balaban J connectivity index is 1.68. The van der Waals surface area contributed by atoms with Crippen molar-refractivity contribution in [3.05, 3.63) is 58.0 Å². The molecular weight excluding hydrogens is 396 g/mol. The number of aliphatic hydroxyl groups is 1. The van der Waals surface area contributed by atoms with Crippen LogP contribution in [-0.2, 0) is 11.3 Å². The van der Waals surface area contributed by atoms with Crippen LogP contribution in [0.25, 0.3) is 11.1 Å². The van der Waals surface area contributed by atoms with Crippen molar-refractivity contribution in [1.82, 2.24) is 20.1 Å². The normalized spacial score (nSPS) is 23.9. The fourth-order valence-electron chi connectivity index (χ4n) is 4.84. The molecule has 2 aromatic rings. The Morgan fingerprint density at radius 2 is 2.03 bits per heavy atom. The minimum Gasteiger partial charge on any atom is -0.396 e. The monoisotopic (exact) mass is 424 g/mol. The van der Waals surface area contributed by atoms with Crippen molar-refractivity contribution in [1.29, 1.82) is 0 Å². The summed E-state index contributed by atoms with van der Waals surface area (Å²) >= 11 is 0. The first kappa shape index (κ1) is 21.3. The van der Waals surface area contributed by atoms with Gasteiger partial charge in [0.05, 0.1) is 12.1 Å². The summed E-state index contributed by atoms with van der Waals surface area (Å²) < 4.78 is 1.73. The quantitative estimate of drug-likeness (QED) is 0.652. The van der Waals surface area contributed by atoms with Gasteiger partial charge in [-0.3, -0.25) is 19.7 Å². The van der Waals surface area contributed by atoms with Crippen molar-refractivity contribution in [2.75, 3.05) is 27.2 Å². The van der Waals surface area contributed by atoms with Crippen molar-refractivity contribution in [3.8, 4) is 11.1 Å². The average molecular weight is 425 g/mol. The van der Waals surface area contributed by atoms with Crippen molar-refractivity contribution in [2.24, 2.45) is 11.8 Å². The van der Waals surface area contributed by atoms with Gasteiger partial charge >= 0.3 is 0 Å². The highest BCUT2D eigenvalue weighted by Gasteiger charge is 2.50. The lowest BCUT2D eigenvalue weighted by atomic mass is 9.88. The van der Waals surface area contributed by atoms with Crippen molar-refractivity contribution in [3.63, 3.8) is 0 Å². The van der Waals surface area contributed by atoms with E-state index >= 15 is 0 Å². The molecule has 164 valence electrons. The van der Waals surface area contributed by atoms with Crippen LogP contribution in [0.2, 0.25) is 0 Å². The first-order valence-corrected chi connectivity index (χ1v) is 10.6. The minimum absolute atomic E-state index is 0.0396. The van der Waals surface area contributed by atoms with E-state index in [2.05, 4.69) is 10.6 Å². The number of fused-ring (bicyclic) bond motifs is 3. The zero-order valence-corrected chi connectivity index (χ0v) is 18.0. The first-order chi connectivity index (χ1) is 14.9. The van der Waals surface area contributed by atoms with Gasteiger partial charge in [-0.1, -0.05) is 12.1 Å². The van der Waals surface area contributed by atoms with Gasteiger partial charge in [0.25, 0.3) is 11.5 Å². The number of nitrogens with one attached hydrogen (secondary N) is 2. The SMILES string of the molecule is CCNC(=O)[C@H]1N[C@H]2c3ccc(-c4cccc(C(=O)N(C)C)c4)c(=O)n3C[C@H]2[C@@H]1CO. The molecule has 8 nitrogen and oxygen atoms in total. The number of carbonyl (C=O) groups is 2. The standard InChI is InChI=1S/C23H28N4O4/c1-4-24-21(29)20-17(12-28)16-11-27-18(19(16)25-20)9-8-15(23(27)31)13-6-5-7-14(10-13)22(30)26(2)3/h5-10,16-17,19-20,25,28H,4,11-12H2,1-3H3,(H,24,29)/t16-,17-,19+,20-/m0/s1. The lowest BCUT2D eigenvalue weighted by molar-refractivity contribution is -0.124. The summed E-state index contributed by atoms with van der Waals surface area (Å²) in [7, 11) is 3.38. The lowest BCUT2D eigenvalue weighted by Crippen LogP contribution is -2.46. The number of amides is 2. The summed E-state index contributed by atoms with van der Waals surface area (Å²) in [4.78, 5) is 39.5. The van der Waals surface area contributed by atoms with Crippen molar-refractivity contribution < 1.29 is 14.7 Å². The molecule has 2 aliphatic rings. The minimum atomic E-state index is -0.475. The van der Waals surface area contributed by atoms with E-state index in [1.54, 1.807) is 42.9 Å². The maximum Gasteiger partial charge on any atom is 0.258 e. The highest BCUT2D eigenvalue weighted by molar-refractivity contribution is 5.95. The number of carbonyl (C=O) groups excluding carboxylic acids is 2. The summed E-state index contributed by atoms with van der Waals surface area (Å²) in [5.41, 5.74) is 2.44. The smallest absolute Gasteiger partial charge is 0.258 e. The highest BCUT2D eigenvalue weighted by atomic mass is 16.3. The Hall–Kier alpha value is -2.97. The molecule has 0 bridgehead atoms. The van der Waals surface area contributed by atoms with Crippen molar-refractivity contribution in [2.45, 2.75) is 25.6 Å². The Labute approximate surface area is 180 Å². The Morgan fingerprint density at radius 1 is 1.26 bits per heavy atom. The van der Waals surface area contributed by atoms with E-state index in [1.807, 2.05) is 19.1 Å². The van der Waals surface area contributed by atoms with Gasteiger partial charge in [0.1, 0.15) is 0 Å². The molecule has 1 saturated heterocycles. The number of pyridine rings is 1. The molecule has 1 aromatic heterocycles. The van der Waals surface area contributed by atoms with Crippen LogP contribution in [0, 0.1) is 11.8 Å². The Bertz CT molecular complexity index is 1080. The van der Waals surface area contributed by atoms with Gasteiger partial charge in [-0.15, -0.1) is 0 Å². The lowest BCUT2D eigenvalue weighted by Gasteiger charge is -2.21. The molecule has 1 fully saturated rings. The number of hydrogen-bond acceptors (Lipinski definition) is 5. The van der Waals surface area contributed by atoms with Crippen LogP contribution in [0.3, 0.4) is 0 Å². The van der Waals surface area contributed by atoms with E-state index < -0.39 is 6.04 Å². The predicted molar refractivity (Wildman–Crippen MR) is 117 cm³/mol. The van der Waals surface area contributed by atoms with Gasteiger partial charge in [0.2, 0.25) is 5.91 Å². The number of aliphatic hydroxyl groups excluding tert-OH is 1. The number of nitrogens with zero attached hydrogens (tertiary/aromatic N) is 2. The summed E-state index contributed by atoms with van der Waals surface area (Å²) in [6, 6.07) is 10.1. The molecule has 2 aliphatic heterocycles. The number of benzene rings is 1. The molecule has 1 aromatic carbocycles. The first-order valence-electron chi connectivity index (χ1n) is 10.6.